The maximum absolute atomic E-state index is 14.0. The Balaban J connectivity index is 1.52. The van der Waals surface area contributed by atoms with Gasteiger partial charge in [0.15, 0.2) is 0 Å². The molecule has 4 aromatic rings. The SMILES string of the molecule is Fc1ccc(-c2cccc(CCc3cccc(-c4ccccc4)n3)n2)c(F)c1. The minimum Gasteiger partial charge on any atom is -0.253 e. The summed E-state index contributed by atoms with van der Waals surface area (Å²) in [6.45, 7) is 0. The number of benzene rings is 2. The van der Waals surface area contributed by atoms with Crippen molar-refractivity contribution in [2.24, 2.45) is 0 Å². The van der Waals surface area contributed by atoms with E-state index in [1.807, 2.05) is 60.7 Å². The standard InChI is InChI=1S/C24H18F2N2/c25-18-12-15-21(22(26)16-18)24-11-5-9-20(28-24)14-13-19-8-4-10-23(27-19)17-6-2-1-3-7-17/h1-12,15-16H,13-14H2. The summed E-state index contributed by atoms with van der Waals surface area (Å²) >= 11 is 0. The number of aryl methyl sites for hydroxylation is 2. The van der Waals surface area contributed by atoms with E-state index in [1.165, 1.54) is 12.1 Å². The van der Waals surface area contributed by atoms with Gasteiger partial charge in [-0.2, -0.15) is 0 Å². The molecule has 0 radical (unpaired) electrons. The van der Waals surface area contributed by atoms with E-state index in [0.29, 0.717) is 17.7 Å². The molecule has 2 heterocycles. The van der Waals surface area contributed by atoms with Gasteiger partial charge in [0.05, 0.1) is 11.4 Å². The molecule has 2 aromatic carbocycles. The lowest BCUT2D eigenvalue weighted by Crippen LogP contribution is -1.99. The van der Waals surface area contributed by atoms with Gasteiger partial charge in [0, 0.05) is 28.6 Å². The molecule has 138 valence electrons. The van der Waals surface area contributed by atoms with Gasteiger partial charge in [0.1, 0.15) is 11.6 Å². The molecule has 0 aliphatic carbocycles. The van der Waals surface area contributed by atoms with Crippen molar-refractivity contribution in [3.63, 3.8) is 0 Å². The second-order valence-corrected chi connectivity index (χ2v) is 6.52. The van der Waals surface area contributed by atoms with Crippen LogP contribution in [0.15, 0.2) is 84.9 Å². The molecule has 0 saturated carbocycles. The van der Waals surface area contributed by atoms with Gasteiger partial charge in [0.25, 0.3) is 0 Å². The van der Waals surface area contributed by atoms with Crippen molar-refractivity contribution in [2.75, 3.05) is 0 Å². The molecule has 28 heavy (non-hydrogen) atoms. The van der Waals surface area contributed by atoms with Crippen LogP contribution in [0.4, 0.5) is 8.78 Å². The van der Waals surface area contributed by atoms with E-state index < -0.39 is 11.6 Å². The Bertz CT molecular complexity index is 1090. The summed E-state index contributed by atoms with van der Waals surface area (Å²) in [5.74, 6) is -1.20. The average molecular weight is 372 g/mol. The summed E-state index contributed by atoms with van der Waals surface area (Å²) in [4.78, 5) is 9.27. The average Bonchev–Trinajstić information content (AvgIpc) is 2.73. The largest absolute Gasteiger partial charge is 0.253 e. The lowest BCUT2D eigenvalue weighted by atomic mass is 10.1. The van der Waals surface area contributed by atoms with E-state index in [1.54, 1.807) is 6.07 Å². The van der Waals surface area contributed by atoms with E-state index in [-0.39, 0.29) is 0 Å². The maximum atomic E-state index is 14.0. The molecule has 4 heteroatoms. The molecule has 0 fully saturated rings. The fraction of sp³-hybridized carbons (Fsp3) is 0.0833. The molecule has 0 aliphatic heterocycles. The summed E-state index contributed by atoms with van der Waals surface area (Å²) in [6, 6.07) is 25.1. The number of hydrogen-bond donors (Lipinski definition) is 0. The van der Waals surface area contributed by atoms with Crippen molar-refractivity contribution >= 4 is 0 Å². The summed E-state index contributed by atoms with van der Waals surface area (Å²) in [7, 11) is 0. The minimum absolute atomic E-state index is 0.299. The van der Waals surface area contributed by atoms with Crippen LogP contribution in [0.5, 0.6) is 0 Å². The predicted octanol–water partition coefficient (Wildman–Crippen LogP) is 5.87. The highest BCUT2D eigenvalue weighted by Gasteiger charge is 2.09. The number of rotatable bonds is 5. The summed E-state index contributed by atoms with van der Waals surface area (Å²) in [6.07, 6.45) is 1.41. The van der Waals surface area contributed by atoms with Gasteiger partial charge in [-0.1, -0.05) is 42.5 Å². The lowest BCUT2D eigenvalue weighted by molar-refractivity contribution is 0.585. The zero-order valence-electron chi connectivity index (χ0n) is 15.1. The molecule has 2 nitrogen and oxygen atoms in total. The van der Waals surface area contributed by atoms with Gasteiger partial charge >= 0.3 is 0 Å². The van der Waals surface area contributed by atoms with Crippen LogP contribution < -0.4 is 0 Å². The zero-order chi connectivity index (χ0) is 19.3. The Labute approximate surface area is 162 Å². The Morgan fingerprint density at radius 1 is 0.607 bits per heavy atom. The van der Waals surface area contributed by atoms with Crippen molar-refractivity contribution in [1.82, 2.24) is 9.97 Å². The highest BCUT2D eigenvalue weighted by atomic mass is 19.1. The molecule has 0 saturated heterocycles. The third-order valence-corrected chi connectivity index (χ3v) is 4.53. The molecule has 0 spiro atoms. The van der Waals surface area contributed by atoms with Crippen LogP contribution in [0.2, 0.25) is 0 Å². The number of halogens is 2. The lowest BCUT2D eigenvalue weighted by Gasteiger charge is -2.07. The normalized spacial score (nSPS) is 10.8. The second kappa shape index (κ2) is 8.09. The molecule has 0 bridgehead atoms. The maximum Gasteiger partial charge on any atom is 0.135 e. The Hall–Kier alpha value is -3.40. The van der Waals surface area contributed by atoms with Crippen molar-refractivity contribution in [1.29, 1.82) is 0 Å². The third kappa shape index (κ3) is 4.12. The molecular formula is C24H18F2N2. The Kier molecular flexibility index (Phi) is 5.20. The van der Waals surface area contributed by atoms with Crippen LogP contribution in [0.1, 0.15) is 11.4 Å². The minimum atomic E-state index is -0.609. The quantitative estimate of drug-likeness (QED) is 0.438. The van der Waals surface area contributed by atoms with E-state index in [4.69, 9.17) is 4.98 Å². The summed E-state index contributed by atoms with van der Waals surface area (Å²) in [5, 5.41) is 0. The fourth-order valence-corrected chi connectivity index (χ4v) is 3.11. The molecule has 0 atom stereocenters. The molecule has 0 aliphatic rings. The first-order valence-electron chi connectivity index (χ1n) is 9.12. The molecule has 0 N–H and O–H groups in total. The Morgan fingerprint density at radius 2 is 1.25 bits per heavy atom. The van der Waals surface area contributed by atoms with Gasteiger partial charge in [0.2, 0.25) is 0 Å². The number of hydrogen-bond acceptors (Lipinski definition) is 2. The Morgan fingerprint density at radius 3 is 1.93 bits per heavy atom. The monoisotopic (exact) mass is 372 g/mol. The third-order valence-electron chi connectivity index (χ3n) is 4.53. The van der Waals surface area contributed by atoms with Gasteiger partial charge < -0.3 is 0 Å². The van der Waals surface area contributed by atoms with Crippen molar-refractivity contribution in [2.45, 2.75) is 12.8 Å². The van der Waals surface area contributed by atoms with E-state index >= 15 is 0 Å². The van der Waals surface area contributed by atoms with Crippen molar-refractivity contribution in [3.8, 4) is 22.5 Å². The van der Waals surface area contributed by atoms with Crippen LogP contribution >= 0.6 is 0 Å². The summed E-state index contributed by atoms with van der Waals surface area (Å²) < 4.78 is 27.2. The number of pyridine rings is 2. The van der Waals surface area contributed by atoms with Gasteiger partial charge in [-0.15, -0.1) is 0 Å². The number of aromatic nitrogens is 2. The second-order valence-electron chi connectivity index (χ2n) is 6.52. The number of nitrogens with zero attached hydrogens (tertiary/aromatic N) is 2. The van der Waals surface area contributed by atoms with Crippen LogP contribution in [0.3, 0.4) is 0 Å². The highest BCUT2D eigenvalue weighted by molar-refractivity contribution is 5.60. The van der Waals surface area contributed by atoms with Gasteiger partial charge in [-0.25, -0.2) is 8.78 Å². The topological polar surface area (TPSA) is 25.8 Å². The van der Waals surface area contributed by atoms with E-state index in [2.05, 4.69) is 4.98 Å². The van der Waals surface area contributed by atoms with E-state index in [9.17, 15) is 8.78 Å². The molecule has 0 unspecified atom stereocenters. The predicted molar refractivity (Wildman–Crippen MR) is 107 cm³/mol. The van der Waals surface area contributed by atoms with Crippen LogP contribution in [0.25, 0.3) is 22.5 Å². The van der Waals surface area contributed by atoms with E-state index in [0.717, 1.165) is 35.1 Å². The van der Waals surface area contributed by atoms with Gasteiger partial charge in [-0.05, 0) is 49.2 Å². The first-order chi connectivity index (χ1) is 13.7. The molecular weight excluding hydrogens is 354 g/mol. The smallest absolute Gasteiger partial charge is 0.135 e. The fourth-order valence-electron chi connectivity index (χ4n) is 3.11. The van der Waals surface area contributed by atoms with Crippen molar-refractivity contribution in [3.05, 3.63) is 108 Å². The molecule has 0 amide bonds. The van der Waals surface area contributed by atoms with Crippen LogP contribution in [-0.2, 0) is 12.8 Å². The zero-order valence-corrected chi connectivity index (χ0v) is 15.1. The summed E-state index contributed by atoms with van der Waals surface area (Å²) in [5.41, 5.74) is 4.63. The molecule has 4 rings (SSSR count). The van der Waals surface area contributed by atoms with Crippen LogP contribution in [-0.4, -0.2) is 9.97 Å². The first kappa shape index (κ1) is 18.0. The van der Waals surface area contributed by atoms with Gasteiger partial charge in [-0.3, -0.25) is 9.97 Å². The first-order valence-corrected chi connectivity index (χ1v) is 9.12. The van der Waals surface area contributed by atoms with Crippen molar-refractivity contribution < 1.29 is 8.78 Å². The highest BCUT2D eigenvalue weighted by Crippen LogP contribution is 2.22. The molecule has 2 aromatic heterocycles. The van der Waals surface area contributed by atoms with Crippen LogP contribution in [0, 0.1) is 11.6 Å².